The first-order chi connectivity index (χ1) is 7.40. The van der Waals surface area contributed by atoms with E-state index in [1.54, 1.807) is 10.9 Å². The van der Waals surface area contributed by atoms with Crippen molar-refractivity contribution in [1.82, 2.24) is 9.78 Å². The summed E-state index contributed by atoms with van der Waals surface area (Å²) in [6, 6.07) is -0.459. The second-order valence-electron chi connectivity index (χ2n) is 4.53. The average molecular weight is 224 g/mol. The molecular weight excluding hydrogens is 204 g/mol. The summed E-state index contributed by atoms with van der Waals surface area (Å²) in [5.41, 5.74) is 7.31. The van der Waals surface area contributed by atoms with Crippen LogP contribution in [-0.2, 0) is 11.8 Å². The molecular formula is C11H20N4O. The lowest BCUT2D eigenvalue weighted by molar-refractivity contribution is -0.117. The molecule has 3 N–H and O–H groups in total. The summed E-state index contributed by atoms with van der Waals surface area (Å²) in [6.07, 6.45) is 2.46. The van der Waals surface area contributed by atoms with Crippen LogP contribution < -0.4 is 11.1 Å². The van der Waals surface area contributed by atoms with E-state index >= 15 is 0 Å². The number of aromatic nitrogens is 2. The van der Waals surface area contributed by atoms with Crippen molar-refractivity contribution in [2.45, 2.75) is 33.2 Å². The molecule has 0 bridgehead atoms. The summed E-state index contributed by atoms with van der Waals surface area (Å²) in [7, 11) is 1.82. The largest absolute Gasteiger partial charge is 0.322 e. The van der Waals surface area contributed by atoms with Crippen molar-refractivity contribution >= 4 is 11.6 Å². The number of nitrogens with zero attached hydrogens (tertiary/aromatic N) is 2. The molecule has 1 aromatic heterocycles. The number of carbonyl (C=O) groups is 1. The minimum Gasteiger partial charge on any atom is -0.322 e. The van der Waals surface area contributed by atoms with Crippen LogP contribution >= 0.6 is 0 Å². The monoisotopic (exact) mass is 224 g/mol. The Balaban J connectivity index is 2.60. The van der Waals surface area contributed by atoms with Crippen LogP contribution in [0.15, 0.2) is 6.20 Å². The van der Waals surface area contributed by atoms with Crippen LogP contribution in [0.4, 0.5) is 5.69 Å². The zero-order chi connectivity index (χ0) is 12.3. The van der Waals surface area contributed by atoms with Gasteiger partial charge in [-0.2, -0.15) is 5.10 Å². The Kier molecular flexibility index (Phi) is 4.06. The van der Waals surface area contributed by atoms with Crippen molar-refractivity contribution in [2.24, 2.45) is 18.7 Å². The lowest BCUT2D eigenvalue weighted by Crippen LogP contribution is -2.36. The van der Waals surface area contributed by atoms with Gasteiger partial charge in [-0.25, -0.2) is 0 Å². The van der Waals surface area contributed by atoms with Gasteiger partial charge in [-0.1, -0.05) is 13.8 Å². The third kappa shape index (κ3) is 3.34. The minimum atomic E-state index is -0.459. The Morgan fingerprint density at radius 2 is 2.25 bits per heavy atom. The number of hydrogen-bond donors (Lipinski definition) is 2. The number of hydrogen-bond acceptors (Lipinski definition) is 3. The summed E-state index contributed by atoms with van der Waals surface area (Å²) < 4.78 is 1.67. The predicted octanol–water partition coefficient (Wildman–Crippen LogP) is 1.04. The van der Waals surface area contributed by atoms with Crippen molar-refractivity contribution < 1.29 is 4.79 Å². The Labute approximate surface area is 96.0 Å². The van der Waals surface area contributed by atoms with Crippen molar-refractivity contribution in [3.05, 3.63) is 11.9 Å². The third-order valence-electron chi connectivity index (χ3n) is 2.33. The number of carbonyl (C=O) groups excluding carboxylic acids is 1. The molecule has 5 heteroatoms. The van der Waals surface area contributed by atoms with E-state index < -0.39 is 6.04 Å². The number of aryl methyl sites for hydroxylation is 2. The smallest absolute Gasteiger partial charge is 0.241 e. The molecule has 0 radical (unpaired) electrons. The van der Waals surface area contributed by atoms with Gasteiger partial charge < -0.3 is 11.1 Å². The first-order valence-electron chi connectivity index (χ1n) is 5.47. The maximum absolute atomic E-state index is 11.7. The summed E-state index contributed by atoms with van der Waals surface area (Å²) in [4.78, 5) is 11.7. The van der Waals surface area contributed by atoms with Crippen LogP contribution in [0.1, 0.15) is 26.0 Å². The molecule has 5 nitrogen and oxygen atoms in total. The van der Waals surface area contributed by atoms with E-state index in [4.69, 9.17) is 5.73 Å². The van der Waals surface area contributed by atoms with Crippen LogP contribution in [0.25, 0.3) is 0 Å². The van der Waals surface area contributed by atoms with Crippen LogP contribution in [-0.4, -0.2) is 21.7 Å². The first-order valence-corrected chi connectivity index (χ1v) is 5.47. The molecule has 0 spiro atoms. The number of amides is 1. The summed E-state index contributed by atoms with van der Waals surface area (Å²) in [5.74, 6) is 0.264. The predicted molar refractivity (Wildman–Crippen MR) is 64.0 cm³/mol. The van der Waals surface area contributed by atoms with Gasteiger partial charge in [0.25, 0.3) is 0 Å². The molecule has 90 valence electrons. The van der Waals surface area contributed by atoms with Crippen LogP contribution in [0.5, 0.6) is 0 Å². The van der Waals surface area contributed by atoms with Crippen molar-refractivity contribution in [1.29, 1.82) is 0 Å². The van der Waals surface area contributed by atoms with Crippen LogP contribution in [0.2, 0.25) is 0 Å². The van der Waals surface area contributed by atoms with Gasteiger partial charge in [0.1, 0.15) is 0 Å². The highest BCUT2D eigenvalue weighted by Crippen LogP contribution is 2.12. The molecule has 16 heavy (non-hydrogen) atoms. The minimum absolute atomic E-state index is 0.148. The van der Waals surface area contributed by atoms with Gasteiger partial charge in [-0.15, -0.1) is 0 Å². The first kappa shape index (κ1) is 12.7. The Bertz CT molecular complexity index is 370. The fraction of sp³-hybridized carbons (Fsp3) is 0.636. The maximum atomic E-state index is 11.7. The standard InChI is InChI=1S/C11H20N4O/c1-7(2)5-9(12)11(16)13-10-6-15(4)14-8(10)3/h6-7,9H,5,12H2,1-4H3,(H,13,16)/t9-/m0/s1. The zero-order valence-corrected chi connectivity index (χ0v) is 10.3. The van der Waals surface area contributed by atoms with E-state index in [0.29, 0.717) is 12.3 Å². The van der Waals surface area contributed by atoms with E-state index in [1.807, 2.05) is 27.8 Å². The van der Waals surface area contributed by atoms with Gasteiger partial charge in [0.15, 0.2) is 0 Å². The Morgan fingerprint density at radius 3 is 2.69 bits per heavy atom. The average Bonchev–Trinajstić information content (AvgIpc) is 2.43. The molecule has 0 aliphatic rings. The van der Waals surface area contributed by atoms with E-state index in [-0.39, 0.29) is 5.91 Å². The summed E-state index contributed by atoms with van der Waals surface area (Å²) >= 11 is 0. The second-order valence-corrected chi connectivity index (χ2v) is 4.53. The maximum Gasteiger partial charge on any atom is 0.241 e. The molecule has 0 fully saturated rings. The molecule has 1 amide bonds. The third-order valence-corrected chi connectivity index (χ3v) is 2.33. The van der Waals surface area contributed by atoms with Crippen molar-refractivity contribution in [3.63, 3.8) is 0 Å². The Morgan fingerprint density at radius 1 is 1.62 bits per heavy atom. The highest BCUT2D eigenvalue weighted by molar-refractivity contribution is 5.94. The normalized spacial score (nSPS) is 12.9. The van der Waals surface area contributed by atoms with E-state index in [0.717, 1.165) is 11.4 Å². The molecule has 0 saturated heterocycles. The lowest BCUT2D eigenvalue weighted by Gasteiger charge is -2.13. The molecule has 0 aliphatic heterocycles. The van der Waals surface area contributed by atoms with Crippen molar-refractivity contribution in [3.8, 4) is 0 Å². The molecule has 0 unspecified atom stereocenters. The molecule has 1 heterocycles. The molecule has 0 aliphatic carbocycles. The van der Waals surface area contributed by atoms with Crippen LogP contribution in [0, 0.1) is 12.8 Å². The highest BCUT2D eigenvalue weighted by atomic mass is 16.2. The van der Waals surface area contributed by atoms with Gasteiger partial charge in [-0.05, 0) is 19.3 Å². The summed E-state index contributed by atoms with van der Waals surface area (Å²) in [6.45, 7) is 5.94. The number of nitrogens with two attached hydrogens (primary N) is 1. The highest BCUT2D eigenvalue weighted by Gasteiger charge is 2.16. The van der Waals surface area contributed by atoms with Crippen molar-refractivity contribution in [2.75, 3.05) is 5.32 Å². The van der Waals surface area contributed by atoms with Gasteiger partial charge in [0.2, 0.25) is 5.91 Å². The molecule has 0 aromatic carbocycles. The zero-order valence-electron chi connectivity index (χ0n) is 10.3. The van der Waals surface area contributed by atoms with E-state index in [2.05, 4.69) is 10.4 Å². The molecule has 0 saturated carbocycles. The topological polar surface area (TPSA) is 72.9 Å². The second kappa shape index (κ2) is 5.12. The van der Waals surface area contributed by atoms with E-state index in [9.17, 15) is 4.79 Å². The van der Waals surface area contributed by atoms with Gasteiger partial charge >= 0.3 is 0 Å². The van der Waals surface area contributed by atoms with Gasteiger partial charge in [0, 0.05) is 13.2 Å². The molecule has 1 rings (SSSR count). The fourth-order valence-electron chi connectivity index (χ4n) is 1.56. The van der Waals surface area contributed by atoms with E-state index in [1.165, 1.54) is 0 Å². The molecule has 1 atom stereocenters. The molecule has 1 aromatic rings. The number of nitrogens with one attached hydrogen (secondary N) is 1. The summed E-state index contributed by atoms with van der Waals surface area (Å²) in [5, 5.41) is 6.93. The number of rotatable bonds is 4. The fourth-order valence-corrected chi connectivity index (χ4v) is 1.56. The number of anilines is 1. The Hall–Kier alpha value is -1.36. The van der Waals surface area contributed by atoms with Gasteiger partial charge in [0.05, 0.1) is 17.4 Å². The lowest BCUT2D eigenvalue weighted by atomic mass is 10.0. The quantitative estimate of drug-likeness (QED) is 0.802. The van der Waals surface area contributed by atoms with Crippen LogP contribution in [0.3, 0.4) is 0 Å². The van der Waals surface area contributed by atoms with Gasteiger partial charge in [-0.3, -0.25) is 9.48 Å². The SMILES string of the molecule is Cc1nn(C)cc1NC(=O)[C@@H](N)CC(C)C.